The van der Waals surface area contributed by atoms with E-state index in [-0.39, 0.29) is 37.5 Å². The average molecular weight is 957 g/mol. The zero-order valence-electron chi connectivity index (χ0n) is 40.6. The molecule has 0 fully saturated rings. The predicted octanol–water partition coefficient (Wildman–Crippen LogP) is -2.51. The second-order valence-electron chi connectivity index (χ2n) is 17.7. The Labute approximate surface area is 392 Å². The molecule has 0 aromatic heterocycles. The van der Waals surface area contributed by atoms with Crippen LogP contribution in [0.3, 0.4) is 0 Å². The van der Waals surface area contributed by atoms with Gasteiger partial charge in [-0.15, -0.1) is 0 Å². The lowest BCUT2D eigenvalue weighted by atomic mass is 9.96. The third kappa shape index (κ3) is 23.4. The molecule has 11 atom stereocenters. The molecule has 0 spiro atoms. The van der Waals surface area contributed by atoms with Crippen LogP contribution in [0.2, 0.25) is 0 Å². The van der Waals surface area contributed by atoms with Crippen molar-refractivity contribution in [2.45, 2.75) is 169 Å². The Balaban J connectivity index is 5.70. The fourth-order valence-electron chi connectivity index (χ4n) is 6.21. The van der Waals surface area contributed by atoms with Gasteiger partial charge in [-0.25, -0.2) is 0 Å². The van der Waals surface area contributed by atoms with Crippen molar-refractivity contribution in [2.75, 3.05) is 13.1 Å². The number of aliphatic hydroxyl groups is 1. The molecule has 0 saturated carbocycles. The van der Waals surface area contributed by atoms with Gasteiger partial charge in [0, 0.05) is 6.42 Å². The molecule has 0 aromatic rings. The molecule has 24 heteroatoms. The number of carboxylic acids is 2. The van der Waals surface area contributed by atoms with Crippen LogP contribution in [0, 0.1) is 23.7 Å². The fraction of sp³-hybridized carbons (Fsp3) is 0.744. The van der Waals surface area contributed by atoms with Gasteiger partial charge in [0.05, 0.1) is 25.2 Å². The fourth-order valence-corrected chi connectivity index (χ4v) is 6.21. The van der Waals surface area contributed by atoms with Crippen LogP contribution in [0.5, 0.6) is 0 Å². The first-order chi connectivity index (χ1) is 31.1. The lowest BCUT2D eigenvalue weighted by Gasteiger charge is -2.29. The van der Waals surface area contributed by atoms with Gasteiger partial charge >= 0.3 is 11.9 Å². The highest BCUT2D eigenvalue weighted by atomic mass is 16.4. The van der Waals surface area contributed by atoms with Gasteiger partial charge in [-0.1, -0.05) is 68.2 Å². The van der Waals surface area contributed by atoms with Crippen molar-refractivity contribution in [1.29, 1.82) is 0 Å². The van der Waals surface area contributed by atoms with Gasteiger partial charge in [0.2, 0.25) is 53.2 Å². The van der Waals surface area contributed by atoms with E-state index in [2.05, 4.69) is 47.9 Å². The van der Waals surface area contributed by atoms with Crippen LogP contribution in [-0.2, 0) is 52.7 Å². The molecule has 0 aliphatic carbocycles. The largest absolute Gasteiger partial charge is 0.481 e. The Morgan fingerprint density at radius 3 is 1.30 bits per heavy atom. The van der Waals surface area contributed by atoms with E-state index in [9.17, 15) is 57.8 Å². The molecule has 0 bridgehead atoms. The van der Waals surface area contributed by atoms with Gasteiger partial charge in [0.1, 0.15) is 42.3 Å². The zero-order chi connectivity index (χ0) is 51.9. The first kappa shape index (κ1) is 61.1. The van der Waals surface area contributed by atoms with Crippen molar-refractivity contribution in [1.82, 2.24) is 47.9 Å². The molecule has 0 aromatic carbocycles. The molecule has 9 amide bonds. The number of hydrogen-bond donors (Lipinski definition) is 13. The number of nitrogens with two attached hydrogens (primary N) is 1. The van der Waals surface area contributed by atoms with Crippen LogP contribution in [-0.4, -0.2) is 148 Å². The quantitative estimate of drug-likeness (QED) is 0.0342. The molecule has 0 rings (SSSR count). The van der Waals surface area contributed by atoms with E-state index < -0.39 is 144 Å². The molecule has 0 heterocycles. The first-order valence-corrected chi connectivity index (χ1v) is 22.6. The summed E-state index contributed by atoms with van der Waals surface area (Å²) >= 11 is 0. The number of rotatable bonds is 31. The Kier molecular flexibility index (Phi) is 27.7. The van der Waals surface area contributed by atoms with Crippen molar-refractivity contribution in [3.05, 3.63) is 0 Å². The maximum Gasteiger partial charge on any atom is 0.325 e. The van der Waals surface area contributed by atoms with Gasteiger partial charge in [0.25, 0.3) is 0 Å². The molecule has 382 valence electrons. The second-order valence-corrected chi connectivity index (χ2v) is 17.7. The standard InChI is InChI=1S/C43H76N10O14/c1-12-22(7)33(51-30(55)18-45-36(59)24(9)47-38(61)28(16-20(3)4)49-37(60)27(44)14-15-32(57)58)40(63)46-19-31(56)52-34(23(8)13-2)41(64)50-29(17-21(5)6)39(62)53-35(26(11)54)42(65)48-25(10)43(66)67/h20-29,33-35,54H,12-19,44H2,1-11H3,(H,45,59)(H,46,63)(H,47,61)(H,48,65)(H,49,60)(H,50,64)(H,51,55)(H,52,56)(H,53,62)(H,57,58)(H,66,67). The molecular weight excluding hydrogens is 881 g/mol. The number of hydrogen-bond acceptors (Lipinski definition) is 13. The Morgan fingerprint density at radius 1 is 0.478 bits per heavy atom. The molecule has 0 aliphatic heterocycles. The van der Waals surface area contributed by atoms with E-state index in [0.29, 0.717) is 12.8 Å². The third-order valence-electron chi connectivity index (χ3n) is 10.7. The van der Waals surface area contributed by atoms with E-state index in [0.717, 1.165) is 0 Å². The summed E-state index contributed by atoms with van der Waals surface area (Å²) in [5.41, 5.74) is 5.78. The summed E-state index contributed by atoms with van der Waals surface area (Å²) in [6.45, 7) is 16.5. The minimum Gasteiger partial charge on any atom is -0.481 e. The highest BCUT2D eigenvalue weighted by Gasteiger charge is 2.35. The monoisotopic (exact) mass is 957 g/mol. The highest BCUT2D eigenvalue weighted by molar-refractivity contribution is 5.97. The topological polar surface area (TPSA) is 383 Å². The lowest BCUT2D eigenvalue weighted by molar-refractivity contribution is -0.142. The molecular formula is C43H76N10O14. The summed E-state index contributed by atoms with van der Waals surface area (Å²) in [5.74, 6) is -10.8. The number of amides is 9. The van der Waals surface area contributed by atoms with Gasteiger partial charge in [-0.05, 0) is 63.7 Å². The highest BCUT2D eigenvalue weighted by Crippen LogP contribution is 2.13. The SMILES string of the molecule is CCC(C)C(NC(=O)CNC(=O)C(C)NC(=O)C(CC(C)C)NC(=O)C(N)CCC(=O)O)C(=O)NCC(=O)NC(C(=O)NC(CC(C)C)C(=O)NC(C(=O)NC(C)C(=O)O)C(C)O)C(C)CC. The molecule has 11 unspecified atom stereocenters. The van der Waals surface area contributed by atoms with Gasteiger partial charge < -0.3 is 68.9 Å². The molecule has 24 nitrogen and oxygen atoms in total. The van der Waals surface area contributed by atoms with Crippen LogP contribution < -0.4 is 53.6 Å². The maximum atomic E-state index is 13.7. The average Bonchev–Trinajstić information content (AvgIpc) is 3.24. The summed E-state index contributed by atoms with van der Waals surface area (Å²) in [6.07, 6.45) is -0.911. The second kappa shape index (κ2) is 30.4. The van der Waals surface area contributed by atoms with E-state index in [4.69, 9.17) is 15.9 Å². The smallest absolute Gasteiger partial charge is 0.325 e. The van der Waals surface area contributed by atoms with Gasteiger partial charge in [-0.2, -0.15) is 0 Å². The number of carboxylic acid groups (broad SMARTS) is 2. The molecule has 0 saturated heterocycles. The molecule has 14 N–H and O–H groups in total. The number of aliphatic carboxylic acids is 2. The summed E-state index contributed by atoms with van der Waals surface area (Å²) in [5, 5.41) is 50.4. The normalized spacial score (nSPS) is 16.1. The van der Waals surface area contributed by atoms with E-state index in [1.54, 1.807) is 55.4 Å². The summed E-state index contributed by atoms with van der Waals surface area (Å²) in [4.78, 5) is 140. The minimum atomic E-state index is -1.57. The summed E-state index contributed by atoms with van der Waals surface area (Å²) < 4.78 is 0. The number of carbonyl (C=O) groups is 11. The lowest BCUT2D eigenvalue weighted by Crippen LogP contribution is -2.61. The van der Waals surface area contributed by atoms with Crippen molar-refractivity contribution in [2.24, 2.45) is 29.4 Å². The van der Waals surface area contributed by atoms with Crippen LogP contribution in [0.1, 0.15) is 115 Å². The van der Waals surface area contributed by atoms with E-state index in [1.165, 1.54) is 20.8 Å². The Bertz CT molecular complexity index is 1730. The molecule has 67 heavy (non-hydrogen) atoms. The predicted molar refractivity (Wildman–Crippen MR) is 243 cm³/mol. The van der Waals surface area contributed by atoms with Crippen molar-refractivity contribution in [3.63, 3.8) is 0 Å². The van der Waals surface area contributed by atoms with Crippen LogP contribution >= 0.6 is 0 Å². The zero-order valence-corrected chi connectivity index (χ0v) is 40.6. The van der Waals surface area contributed by atoms with E-state index >= 15 is 0 Å². The Morgan fingerprint density at radius 2 is 0.881 bits per heavy atom. The van der Waals surface area contributed by atoms with E-state index in [1.807, 2.05) is 0 Å². The summed E-state index contributed by atoms with van der Waals surface area (Å²) in [6, 6.07) is -10.0. The first-order valence-electron chi connectivity index (χ1n) is 22.6. The number of nitrogens with one attached hydrogen (secondary N) is 9. The van der Waals surface area contributed by atoms with Gasteiger partial charge in [0.15, 0.2) is 0 Å². The molecule has 0 aliphatic rings. The molecule has 0 radical (unpaired) electrons. The number of carbonyl (C=O) groups excluding carboxylic acids is 9. The van der Waals surface area contributed by atoms with Crippen molar-refractivity contribution < 1.29 is 68.1 Å². The van der Waals surface area contributed by atoms with Crippen molar-refractivity contribution in [3.8, 4) is 0 Å². The van der Waals surface area contributed by atoms with Crippen molar-refractivity contribution >= 4 is 65.1 Å². The maximum absolute atomic E-state index is 13.7. The third-order valence-corrected chi connectivity index (χ3v) is 10.7. The van der Waals surface area contributed by atoms with Crippen LogP contribution in [0.15, 0.2) is 0 Å². The Hall–Kier alpha value is -5.91. The number of aliphatic hydroxyl groups excluding tert-OH is 1. The minimum absolute atomic E-state index is 0.0755. The van der Waals surface area contributed by atoms with Gasteiger partial charge in [-0.3, -0.25) is 52.7 Å². The van der Waals surface area contributed by atoms with Crippen LogP contribution in [0.4, 0.5) is 0 Å². The van der Waals surface area contributed by atoms with Crippen LogP contribution in [0.25, 0.3) is 0 Å². The summed E-state index contributed by atoms with van der Waals surface area (Å²) in [7, 11) is 0.